The van der Waals surface area contributed by atoms with Crippen LogP contribution in [0.5, 0.6) is 0 Å². The SMILES string of the molecule is O=C(O)NCC1CCC(C(=O)N[C@@H](Cc2ccc(-c3ccc(N4CCOCC4=O)cc3)cc2)C(=O)Nc2ccc(-c3nn[nH]n3)cc2)CC1. The Bertz CT molecular complexity index is 1740. The molecule has 0 radical (unpaired) electrons. The molecule has 1 saturated carbocycles. The topological polar surface area (TPSA) is 192 Å². The van der Waals surface area contributed by atoms with Crippen molar-refractivity contribution in [1.29, 1.82) is 0 Å². The molecule has 1 saturated heterocycles. The normalized spacial score (nSPS) is 18.4. The number of carbonyl (C=O) groups is 4. The molecule has 0 bridgehead atoms. The Hall–Kier alpha value is -5.63. The van der Waals surface area contributed by atoms with Crippen molar-refractivity contribution in [1.82, 2.24) is 31.3 Å². The molecule has 3 aromatic carbocycles. The van der Waals surface area contributed by atoms with E-state index >= 15 is 0 Å². The molecule has 14 nitrogen and oxygen atoms in total. The second-order valence-corrected chi connectivity index (χ2v) is 12.3. The second kappa shape index (κ2) is 15.5. The van der Waals surface area contributed by atoms with Crippen LogP contribution in [0.15, 0.2) is 72.8 Å². The molecule has 2 heterocycles. The van der Waals surface area contributed by atoms with Gasteiger partial charge in [-0.25, -0.2) is 4.79 Å². The number of aromatic nitrogens is 4. The zero-order chi connectivity index (χ0) is 34.2. The van der Waals surface area contributed by atoms with Crippen LogP contribution in [0.25, 0.3) is 22.5 Å². The minimum Gasteiger partial charge on any atom is -0.465 e. The molecule has 0 spiro atoms. The fraction of sp³-hybridized carbons (Fsp3) is 0.343. The Morgan fingerprint density at radius 3 is 2.22 bits per heavy atom. The number of anilines is 2. The van der Waals surface area contributed by atoms with Gasteiger partial charge < -0.3 is 30.7 Å². The van der Waals surface area contributed by atoms with Crippen molar-refractivity contribution in [2.75, 3.05) is 36.5 Å². The number of aromatic amines is 1. The van der Waals surface area contributed by atoms with E-state index in [2.05, 4.69) is 36.6 Å². The maximum Gasteiger partial charge on any atom is 0.404 e. The standard InChI is InChI=1S/C35H38N8O6/c44-31-21-49-18-17-43(31)29-15-11-25(12-16-29)24-5-1-22(2-6-24)19-30(38-33(45)27-7-3-23(4-8-27)20-36-35(47)48)34(46)37-28-13-9-26(10-14-28)32-39-41-42-40-32/h1-2,5-6,9-16,23,27,30,36H,3-4,7-8,17-21H2,(H,37,46)(H,38,45)(H,47,48)(H,39,40,41,42)/t23?,27?,30-/m0/s1. The smallest absolute Gasteiger partial charge is 0.404 e. The van der Waals surface area contributed by atoms with E-state index in [-0.39, 0.29) is 42.6 Å². The summed E-state index contributed by atoms with van der Waals surface area (Å²) in [6, 6.07) is 21.8. The minimum atomic E-state index is -1.05. The molecular weight excluding hydrogens is 628 g/mol. The molecule has 1 aliphatic carbocycles. The molecule has 4 aromatic rings. The fourth-order valence-corrected chi connectivity index (χ4v) is 6.27. The summed E-state index contributed by atoms with van der Waals surface area (Å²) in [5, 5.41) is 31.2. The molecule has 254 valence electrons. The Labute approximate surface area is 282 Å². The third-order valence-electron chi connectivity index (χ3n) is 9.04. The lowest BCUT2D eigenvalue weighted by atomic mass is 9.81. The predicted molar refractivity (Wildman–Crippen MR) is 180 cm³/mol. The van der Waals surface area contributed by atoms with Crippen molar-refractivity contribution < 1.29 is 29.0 Å². The molecular formula is C35H38N8O6. The number of tetrazole rings is 1. The van der Waals surface area contributed by atoms with Gasteiger partial charge in [0, 0.05) is 42.4 Å². The number of morpholine rings is 1. The monoisotopic (exact) mass is 666 g/mol. The van der Waals surface area contributed by atoms with Gasteiger partial charge in [-0.3, -0.25) is 14.4 Å². The van der Waals surface area contributed by atoms with Crippen molar-refractivity contribution in [2.24, 2.45) is 11.8 Å². The first-order chi connectivity index (χ1) is 23.8. The zero-order valence-electron chi connectivity index (χ0n) is 26.8. The van der Waals surface area contributed by atoms with Gasteiger partial charge in [-0.05, 0) is 89.9 Å². The summed E-state index contributed by atoms with van der Waals surface area (Å²) in [5.74, 6) is -0.237. The highest BCUT2D eigenvalue weighted by molar-refractivity contribution is 5.98. The van der Waals surface area contributed by atoms with E-state index in [1.807, 2.05) is 48.5 Å². The maximum atomic E-state index is 13.7. The fourth-order valence-electron chi connectivity index (χ4n) is 6.27. The highest BCUT2D eigenvalue weighted by Gasteiger charge is 2.30. The number of nitrogens with one attached hydrogen (secondary N) is 4. The van der Waals surface area contributed by atoms with E-state index in [4.69, 9.17) is 9.84 Å². The van der Waals surface area contributed by atoms with Crippen LogP contribution in [-0.4, -0.2) is 81.9 Å². The average molecular weight is 667 g/mol. The molecule has 1 atom stereocenters. The van der Waals surface area contributed by atoms with Gasteiger partial charge in [0.25, 0.3) is 5.91 Å². The van der Waals surface area contributed by atoms with E-state index in [9.17, 15) is 19.2 Å². The van der Waals surface area contributed by atoms with Crippen molar-refractivity contribution in [3.8, 4) is 22.5 Å². The van der Waals surface area contributed by atoms with Crippen LogP contribution in [0.1, 0.15) is 31.2 Å². The van der Waals surface area contributed by atoms with E-state index in [1.54, 1.807) is 29.2 Å². The second-order valence-electron chi connectivity index (χ2n) is 12.3. The molecule has 0 unspecified atom stereocenters. The van der Waals surface area contributed by atoms with Crippen molar-refractivity contribution >= 4 is 35.2 Å². The zero-order valence-corrected chi connectivity index (χ0v) is 26.8. The van der Waals surface area contributed by atoms with E-state index < -0.39 is 12.1 Å². The Balaban J connectivity index is 1.13. The first-order valence-electron chi connectivity index (χ1n) is 16.3. The van der Waals surface area contributed by atoms with Crippen LogP contribution in [-0.2, 0) is 25.5 Å². The Morgan fingerprint density at radius 1 is 0.918 bits per heavy atom. The summed E-state index contributed by atoms with van der Waals surface area (Å²) in [7, 11) is 0. The van der Waals surface area contributed by atoms with Gasteiger partial charge in [-0.1, -0.05) is 36.4 Å². The lowest BCUT2D eigenvalue weighted by Crippen LogP contribution is -2.48. The minimum absolute atomic E-state index is 0.0596. The van der Waals surface area contributed by atoms with Crippen LogP contribution in [0, 0.1) is 11.8 Å². The van der Waals surface area contributed by atoms with Gasteiger partial charge in [0.2, 0.25) is 17.6 Å². The highest BCUT2D eigenvalue weighted by atomic mass is 16.5. The summed E-state index contributed by atoms with van der Waals surface area (Å²) < 4.78 is 5.23. The number of benzene rings is 3. The molecule has 2 aliphatic rings. The number of ether oxygens (including phenoxy) is 1. The van der Waals surface area contributed by atoms with Gasteiger partial charge >= 0.3 is 6.09 Å². The molecule has 5 N–H and O–H groups in total. The summed E-state index contributed by atoms with van der Waals surface area (Å²) in [6.45, 7) is 1.49. The molecule has 1 aromatic heterocycles. The number of H-pyrrole nitrogens is 1. The number of nitrogens with zero attached hydrogens (tertiary/aromatic N) is 4. The number of amides is 4. The summed E-state index contributed by atoms with van der Waals surface area (Å²) in [6.07, 6.45) is 1.92. The number of hydrogen-bond acceptors (Lipinski definition) is 8. The number of carbonyl (C=O) groups excluding carboxylic acids is 3. The molecule has 6 rings (SSSR count). The Kier molecular flexibility index (Phi) is 10.5. The van der Waals surface area contributed by atoms with Crippen LogP contribution >= 0.6 is 0 Å². The summed E-state index contributed by atoms with van der Waals surface area (Å²) >= 11 is 0. The molecule has 1 aliphatic heterocycles. The molecule has 4 amide bonds. The quantitative estimate of drug-likeness (QED) is 0.159. The van der Waals surface area contributed by atoms with Crippen LogP contribution in [0.2, 0.25) is 0 Å². The first kappa shape index (κ1) is 33.3. The Morgan fingerprint density at radius 2 is 1.59 bits per heavy atom. The van der Waals surface area contributed by atoms with Gasteiger partial charge in [-0.2, -0.15) is 5.21 Å². The van der Waals surface area contributed by atoms with Gasteiger partial charge in [0.15, 0.2) is 0 Å². The lowest BCUT2D eigenvalue weighted by molar-refractivity contribution is -0.130. The first-order valence-corrected chi connectivity index (χ1v) is 16.3. The average Bonchev–Trinajstić information content (AvgIpc) is 3.67. The summed E-state index contributed by atoms with van der Waals surface area (Å²) in [5.41, 5.74) is 4.95. The third kappa shape index (κ3) is 8.65. The van der Waals surface area contributed by atoms with E-state index in [0.717, 1.165) is 40.8 Å². The van der Waals surface area contributed by atoms with Crippen molar-refractivity contribution in [3.05, 3.63) is 78.4 Å². The molecule has 2 fully saturated rings. The molecule has 14 heteroatoms. The third-order valence-corrected chi connectivity index (χ3v) is 9.04. The summed E-state index contributed by atoms with van der Waals surface area (Å²) in [4.78, 5) is 51.9. The van der Waals surface area contributed by atoms with Gasteiger partial charge in [0.05, 0.1) is 6.61 Å². The molecule has 49 heavy (non-hydrogen) atoms. The number of hydrogen-bond donors (Lipinski definition) is 5. The van der Waals surface area contributed by atoms with Crippen molar-refractivity contribution in [3.63, 3.8) is 0 Å². The predicted octanol–water partition coefficient (Wildman–Crippen LogP) is 3.64. The van der Waals surface area contributed by atoms with Gasteiger partial charge in [-0.15, -0.1) is 10.2 Å². The van der Waals surface area contributed by atoms with Gasteiger partial charge in [0.1, 0.15) is 12.6 Å². The number of rotatable bonds is 11. The van der Waals surface area contributed by atoms with E-state index in [1.165, 1.54) is 0 Å². The maximum absolute atomic E-state index is 13.7. The van der Waals surface area contributed by atoms with Crippen LogP contribution in [0.3, 0.4) is 0 Å². The van der Waals surface area contributed by atoms with Crippen LogP contribution in [0.4, 0.5) is 16.2 Å². The highest BCUT2D eigenvalue weighted by Crippen LogP contribution is 2.29. The largest absolute Gasteiger partial charge is 0.465 e. The number of carboxylic acid groups (broad SMARTS) is 1. The van der Waals surface area contributed by atoms with E-state index in [0.29, 0.717) is 44.0 Å². The lowest BCUT2D eigenvalue weighted by Gasteiger charge is -2.29. The van der Waals surface area contributed by atoms with Crippen molar-refractivity contribution in [2.45, 2.75) is 38.1 Å². The van der Waals surface area contributed by atoms with Crippen LogP contribution < -0.4 is 20.9 Å².